The Labute approximate surface area is 246 Å². The fourth-order valence-electron chi connectivity index (χ4n) is 5.56. The molecule has 1 saturated heterocycles. The maximum Gasteiger partial charge on any atom is 0.180 e. The highest BCUT2D eigenvalue weighted by atomic mass is 16.1. The first-order chi connectivity index (χ1) is 20.5. The zero-order valence-electron chi connectivity index (χ0n) is 23.5. The second-order valence-corrected chi connectivity index (χ2v) is 10.6. The van der Waals surface area contributed by atoms with Crippen molar-refractivity contribution in [2.24, 2.45) is 0 Å². The Morgan fingerprint density at radius 3 is 0.976 bits per heavy atom. The van der Waals surface area contributed by atoms with E-state index in [1.165, 1.54) is 0 Å². The molecule has 1 fully saturated rings. The summed E-state index contributed by atoms with van der Waals surface area (Å²) in [5.74, 6) is -0.357. The van der Waals surface area contributed by atoms with E-state index in [0.717, 1.165) is 0 Å². The highest BCUT2D eigenvalue weighted by Crippen LogP contribution is 2.22. The number of Topliss-reactive ketones (excluding diaryl/α,β-unsaturated/α-hetero) is 4. The molecule has 0 aliphatic carbocycles. The van der Waals surface area contributed by atoms with Crippen LogP contribution < -0.4 is 0 Å². The van der Waals surface area contributed by atoms with E-state index in [1.807, 2.05) is 72.8 Å². The normalized spacial score (nSPS) is 15.4. The number of carbonyl (C=O) groups excluding carboxylic acids is 4. The predicted octanol–water partition coefficient (Wildman–Crippen LogP) is 5.65. The first-order valence-corrected chi connectivity index (χ1v) is 14.3. The van der Waals surface area contributed by atoms with Crippen LogP contribution in [-0.4, -0.2) is 71.2 Å². The summed E-state index contributed by atoms with van der Waals surface area (Å²) in [5.41, 5.74) is 2.29. The molecule has 1 aliphatic heterocycles. The highest BCUT2D eigenvalue weighted by Gasteiger charge is 2.36. The summed E-state index contributed by atoms with van der Waals surface area (Å²) in [5, 5.41) is 0. The largest absolute Gasteiger partial charge is 0.294 e. The lowest BCUT2D eigenvalue weighted by Gasteiger charge is -2.41. The van der Waals surface area contributed by atoms with Gasteiger partial charge >= 0.3 is 0 Å². The van der Waals surface area contributed by atoms with Crippen molar-refractivity contribution in [3.63, 3.8) is 0 Å². The summed E-state index contributed by atoms with van der Waals surface area (Å²) in [6.07, 6.45) is 0.132. The van der Waals surface area contributed by atoms with E-state index in [-0.39, 0.29) is 36.0 Å². The molecule has 0 amide bonds. The average molecular weight is 559 g/mol. The van der Waals surface area contributed by atoms with Crippen molar-refractivity contribution in [2.75, 3.05) is 26.2 Å². The molecule has 6 nitrogen and oxygen atoms in total. The third-order valence-electron chi connectivity index (χ3n) is 7.90. The smallest absolute Gasteiger partial charge is 0.180 e. The summed E-state index contributed by atoms with van der Waals surface area (Å²) >= 11 is 0. The maximum absolute atomic E-state index is 13.7. The van der Waals surface area contributed by atoms with E-state index >= 15 is 0 Å². The molecule has 42 heavy (non-hydrogen) atoms. The van der Waals surface area contributed by atoms with Crippen LogP contribution in [0.5, 0.6) is 0 Å². The molecule has 0 spiro atoms. The van der Waals surface area contributed by atoms with Crippen LogP contribution in [0.3, 0.4) is 0 Å². The number of ketones is 4. The molecule has 4 aromatic carbocycles. The molecule has 1 aliphatic rings. The third kappa shape index (κ3) is 7.03. The van der Waals surface area contributed by atoms with E-state index in [1.54, 1.807) is 48.5 Å². The van der Waals surface area contributed by atoms with Crippen molar-refractivity contribution in [3.8, 4) is 0 Å². The Balaban J connectivity index is 1.35. The molecule has 0 bridgehead atoms. The van der Waals surface area contributed by atoms with E-state index in [2.05, 4.69) is 9.80 Å². The quantitative estimate of drug-likeness (QED) is 0.209. The van der Waals surface area contributed by atoms with Gasteiger partial charge in [0.15, 0.2) is 23.1 Å². The maximum atomic E-state index is 13.7. The first-order valence-electron chi connectivity index (χ1n) is 14.3. The number of hydrogen-bond donors (Lipinski definition) is 0. The van der Waals surface area contributed by atoms with Gasteiger partial charge in [-0.2, -0.15) is 0 Å². The van der Waals surface area contributed by atoms with Crippen LogP contribution in [0.2, 0.25) is 0 Å². The molecule has 2 atom stereocenters. The Hall–Kier alpha value is -4.52. The van der Waals surface area contributed by atoms with Crippen molar-refractivity contribution in [3.05, 3.63) is 144 Å². The minimum Gasteiger partial charge on any atom is -0.294 e. The van der Waals surface area contributed by atoms with Crippen molar-refractivity contribution >= 4 is 23.1 Å². The topological polar surface area (TPSA) is 74.8 Å². The lowest BCUT2D eigenvalue weighted by molar-refractivity contribution is 0.0453. The summed E-state index contributed by atoms with van der Waals surface area (Å²) in [6, 6.07) is 35.0. The van der Waals surface area contributed by atoms with Crippen LogP contribution in [0.15, 0.2) is 121 Å². The number of rotatable bonds is 12. The van der Waals surface area contributed by atoms with Crippen molar-refractivity contribution < 1.29 is 19.2 Å². The molecule has 0 saturated carbocycles. The lowest BCUT2D eigenvalue weighted by Crippen LogP contribution is -2.57. The molecule has 6 heteroatoms. The van der Waals surface area contributed by atoms with Gasteiger partial charge in [0.2, 0.25) is 0 Å². The van der Waals surface area contributed by atoms with Gasteiger partial charge in [-0.05, 0) is 0 Å². The monoisotopic (exact) mass is 558 g/mol. The minimum absolute atomic E-state index is 0.0661. The Bertz CT molecular complexity index is 1380. The summed E-state index contributed by atoms with van der Waals surface area (Å²) in [6.45, 7) is 1.96. The fraction of sp³-hybridized carbons (Fsp3) is 0.222. The van der Waals surface area contributed by atoms with Crippen LogP contribution in [0.1, 0.15) is 54.3 Å². The van der Waals surface area contributed by atoms with Gasteiger partial charge in [0.05, 0.1) is 12.1 Å². The van der Waals surface area contributed by atoms with E-state index in [4.69, 9.17) is 0 Å². The average Bonchev–Trinajstić information content (AvgIpc) is 3.07. The fourth-order valence-corrected chi connectivity index (χ4v) is 5.56. The van der Waals surface area contributed by atoms with Gasteiger partial charge in [0.25, 0.3) is 0 Å². The van der Waals surface area contributed by atoms with Gasteiger partial charge < -0.3 is 0 Å². The summed E-state index contributed by atoms with van der Waals surface area (Å²) in [4.78, 5) is 58.0. The second-order valence-electron chi connectivity index (χ2n) is 10.6. The van der Waals surface area contributed by atoms with Gasteiger partial charge in [-0.3, -0.25) is 29.0 Å². The highest BCUT2D eigenvalue weighted by molar-refractivity contribution is 6.06. The molecule has 0 aromatic heterocycles. The van der Waals surface area contributed by atoms with E-state index in [9.17, 15) is 19.2 Å². The van der Waals surface area contributed by atoms with E-state index in [0.29, 0.717) is 48.4 Å². The molecule has 2 unspecified atom stereocenters. The zero-order chi connectivity index (χ0) is 29.3. The minimum atomic E-state index is -0.628. The molecule has 5 rings (SSSR count). The summed E-state index contributed by atoms with van der Waals surface area (Å²) in [7, 11) is 0. The first kappa shape index (κ1) is 29.0. The Morgan fingerprint density at radius 1 is 0.429 bits per heavy atom. The van der Waals surface area contributed by atoms with Crippen molar-refractivity contribution in [2.45, 2.75) is 24.9 Å². The number of piperazine rings is 1. The Morgan fingerprint density at radius 2 is 0.690 bits per heavy atom. The number of hydrogen-bond acceptors (Lipinski definition) is 6. The molecular formula is C36H34N2O4. The van der Waals surface area contributed by atoms with Crippen LogP contribution in [0.25, 0.3) is 0 Å². The Kier molecular flexibility index (Phi) is 9.59. The third-order valence-corrected chi connectivity index (χ3v) is 7.90. The molecule has 1 heterocycles. The zero-order valence-corrected chi connectivity index (χ0v) is 23.5. The van der Waals surface area contributed by atoms with Gasteiger partial charge in [-0.15, -0.1) is 0 Å². The van der Waals surface area contributed by atoms with Gasteiger partial charge in [-0.1, -0.05) is 121 Å². The van der Waals surface area contributed by atoms with Gasteiger partial charge in [0.1, 0.15) is 0 Å². The standard InChI is InChI=1S/C36H34N2O4/c39-33(27-13-5-1-6-14-27)25-31(35(41)29-17-9-3-10-18-29)37-21-23-38(24-22-37)32(36(42)30-19-11-4-12-20-30)26-34(40)28-15-7-2-8-16-28/h1-20,31-32H,21-26H2. The van der Waals surface area contributed by atoms with Gasteiger partial charge in [0, 0.05) is 61.3 Å². The lowest BCUT2D eigenvalue weighted by atomic mass is 9.93. The molecular weight excluding hydrogens is 524 g/mol. The van der Waals surface area contributed by atoms with Gasteiger partial charge in [-0.25, -0.2) is 0 Å². The molecule has 4 aromatic rings. The number of carbonyl (C=O) groups is 4. The molecule has 212 valence electrons. The van der Waals surface area contributed by atoms with Crippen LogP contribution in [-0.2, 0) is 0 Å². The summed E-state index contributed by atoms with van der Waals surface area (Å²) < 4.78 is 0. The SMILES string of the molecule is O=C(CC(C(=O)c1ccccc1)N1CCN(C(CC(=O)c2ccccc2)C(=O)c2ccccc2)CC1)c1ccccc1. The van der Waals surface area contributed by atoms with Crippen molar-refractivity contribution in [1.29, 1.82) is 0 Å². The molecule has 0 N–H and O–H groups in total. The van der Waals surface area contributed by atoms with Crippen LogP contribution in [0.4, 0.5) is 0 Å². The second kappa shape index (κ2) is 13.9. The number of nitrogens with zero attached hydrogens (tertiary/aromatic N) is 2. The van der Waals surface area contributed by atoms with Crippen LogP contribution >= 0.6 is 0 Å². The van der Waals surface area contributed by atoms with Crippen LogP contribution in [0, 0.1) is 0 Å². The van der Waals surface area contributed by atoms with Crippen molar-refractivity contribution in [1.82, 2.24) is 9.80 Å². The molecule has 0 radical (unpaired) electrons. The predicted molar refractivity (Wildman–Crippen MR) is 163 cm³/mol. The van der Waals surface area contributed by atoms with E-state index < -0.39 is 12.1 Å². The number of benzene rings is 4.